The molecule has 0 aliphatic carbocycles. The van der Waals surface area contributed by atoms with E-state index in [1.54, 1.807) is 0 Å². The van der Waals surface area contributed by atoms with E-state index in [2.05, 4.69) is 36.5 Å². The molecule has 9 heteroatoms. The van der Waals surface area contributed by atoms with E-state index in [1.807, 2.05) is 0 Å². The third-order valence-electron chi connectivity index (χ3n) is 7.10. The second-order valence-corrected chi connectivity index (χ2v) is 8.82. The number of piperidine rings is 1. The Kier molecular flexibility index (Phi) is 6.44. The molecule has 5 aliphatic heterocycles. The summed E-state index contributed by atoms with van der Waals surface area (Å²) < 4.78 is 5.52. The normalized spacial score (nSPS) is 42.2. The van der Waals surface area contributed by atoms with E-state index >= 15 is 0 Å². The lowest BCUT2D eigenvalue weighted by Gasteiger charge is -2.41. The quantitative estimate of drug-likeness (QED) is 0.401. The van der Waals surface area contributed by atoms with Crippen LogP contribution in [0.2, 0.25) is 0 Å². The molecule has 28 heavy (non-hydrogen) atoms. The maximum absolute atomic E-state index is 6.09. The van der Waals surface area contributed by atoms with Crippen molar-refractivity contribution in [3.8, 4) is 0 Å². The van der Waals surface area contributed by atoms with Gasteiger partial charge in [-0.05, 0) is 57.7 Å². The molecule has 160 valence electrons. The van der Waals surface area contributed by atoms with E-state index in [0.29, 0.717) is 18.1 Å². The van der Waals surface area contributed by atoms with Crippen LogP contribution >= 0.6 is 0 Å². The maximum atomic E-state index is 6.09. The minimum atomic E-state index is 0.0646. The maximum Gasteiger partial charge on any atom is 0.146 e. The molecule has 0 spiro atoms. The number of ether oxygens (including phenoxy) is 1. The summed E-state index contributed by atoms with van der Waals surface area (Å²) in [6.45, 7) is 8.18. The van der Waals surface area contributed by atoms with E-state index in [4.69, 9.17) is 9.57 Å². The summed E-state index contributed by atoms with van der Waals surface area (Å²) in [5, 5.41) is 14.7. The summed E-state index contributed by atoms with van der Waals surface area (Å²) in [5.74, 6) is 0.583. The van der Waals surface area contributed by atoms with Crippen LogP contribution in [-0.4, -0.2) is 93.2 Å². The fourth-order valence-corrected chi connectivity index (χ4v) is 5.54. The Labute approximate surface area is 168 Å². The predicted octanol–water partition coefficient (Wildman–Crippen LogP) is -1.25. The SMILES string of the molecule is C1CNC(N2CCCC2C2NC(C3CCNC(N4CCOCC4)C3)NO2)NC1. The molecular formula is C19H37N7O2. The molecule has 5 heterocycles. The van der Waals surface area contributed by atoms with Crippen molar-refractivity contribution in [1.82, 2.24) is 36.5 Å². The van der Waals surface area contributed by atoms with Gasteiger partial charge in [0.25, 0.3) is 0 Å². The van der Waals surface area contributed by atoms with Crippen LogP contribution in [0.4, 0.5) is 0 Å². The first-order chi connectivity index (χ1) is 13.9. The zero-order valence-electron chi connectivity index (χ0n) is 16.9. The van der Waals surface area contributed by atoms with Gasteiger partial charge in [-0.2, -0.15) is 5.48 Å². The average molecular weight is 396 g/mol. The Morgan fingerprint density at radius 2 is 1.71 bits per heavy atom. The van der Waals surface area contributed by atoms with Crippen LogP contribution in [0, 0.1) is 5.92 Å². The summed E-state index contributed by atoms with van der Waals surface area (Å²) in [7, 11) is 0. The van der Waals surface area contributed by atoms with Crippen LogP contribution in [0.1, 0.15) is 32.1 Å². The van der Waals surface area contributed by atoms with E-state index < -0.39 is 0 Å². The van der Waals surface area contributed by atoms with Crippen molar-refractivity contribution < 1.29 is 9.57 Å². The number of hydrogen-bond acceptors (Lipinski definition) is 9. The summed E-state index contributed by atoms with van der Waals surface area (Å²) in [6, 6.07) is 0.414. The molecule has 5 atom stereocenters. The summed E-state index contributed by atoms with van der Waals surface area (Å²) in [5.41, 5.74) is 3.35. The first-order valence-corrected chi connectivity index (χ1v) is 11.3. The summed E-state index contributed by atoms with van der Waals surface area (Å²) in [6.07, 6.45) is 7.02. The van der Waals surface area contributed by atoms with Gasteiger partial charge in [-0.3, -0.25) is 30.6 Å². The van der Waals surface area contributed by atoms with Crippen molar-refractivity contribution in [2.75, 3.05) is 52.5 Å². The smallest absolute Gasteiger partial charge is 0.146 e. The Hall–Kier alpha value is -0.360. The van der Waals surface area contributed by atoms with Crippen LogP contribution in [0.5, 0.6) is 0 Å². The molecule has 0 saturated carbocycles. The van der Waals surface area contributed by atoms with Crippen LogP contribution in [0.3, 0.4) is 0 Å². The molecule has 5 aliphatic rings. The van der Waals surface area contributed by atoms with Gasteiger partial charge in [0, 0.05) is 19.6 Å². The minimum absolute atomic E-state index is 0.0646. The van der Waals surface area contributed by atoms with Crippen molar-refractivity contribution in [3.05, 3.63) is 0 Å². The molecule has 0 aromatic heterocycles. The molecule has 0 aromatic rings. The lowest BCUT2D eigenvalue weighted by molar-refractivity contribution is -0.0426. The van der Waals surface area contributed by atoms with Gasteiger partial charge in [-0.15, -0.1) is 0 Å². The third kappa shape index (κ3) is 4.23. The third-order valence-corrected chi connectivity index (χ3v) is 7.10. The summed E-state index contributed by atoms with van der Waals surface area (Å²) >= 11 is 0. The molecule has 5 saturated heterocycles. The topological polar surface area (TPSA) is 85.1 Å². The lowest BCUT2D eigenvalue weighted by atomic mass is 9.92. The Morgan fingerprint density at radius 3 is 2.57 bits per heavy atom. The number of hydroxylamine groups is 1. The van der Waals surface area contributed by atoms with E-state index in [0.717, 1.165) is 58.9 Å². The molecule has 9 nitrogen and oxygen atoms in total. The van der Waals surface area contributed by atoms with Gasteiger partial charge in [-0.1, -0.05) is 0 Å². The number of morpholine rings is 1. The second kappa shape index (κ2) is 9.20. The Balaban J connectivity index is 1.16. The highest BCUT2D eigenvalue weighted by Gasteiger charge is 2.43. The largest absolute Gasteiger partial charge is 0.379 e. The highest BCUT2D eigenvalue weighted by atomic mass is 16.7. The molecule has 5 fully saturated rings. The Morgan fingerprint density at radius 1 is 0.857 bits per heavy atom. The van der Waals surface area contributed by atoms with Gasteiger partial charge < -0.3 is 10.1 Å². The zero-order valence-corrected chi connectivity index (χ0v) is 16.9. The molecular weight excluding hydrogens is 358 g/mol. The standard InChI is InChI=1S/C19H37N7O2/c1-3-15(26(8-1)19-21-5-2-6-22-19)18-23-17(24-28-18)14-4-7-20-16(13-14)25-9-11-27-12-10-25/h14-24H,1-13H2. The second-order valence-electron chi connectivity index (χ2n) is 8.82. The number of nitrogens with one attached hydrogen (secondary N) is 5. The van der Waals surface area contributed by atoms with Gasteiger partial charge in [0.1, 0.15) is 12.5 Å². The minimum Gasteiger partial charge on any atom is -0.379 e. The fraction of sp³-hybridized carbons (Fsp3) is 1.00. The number of likely N-dealkylation sites (tertiary alicyclic amines) is 1. The van der Waals surface area contributed by atoms with Crippen LogP contribution in [0.15, 0.2) is 0 Å². The summed E-state index contributed by atoms with van der Waals surface area (Å²) in [4.78, 5) is 11.2. The molecule has 5 N–H and O–H groups in total. The first kappa shape index (κ1) is 19.6. The predicted molar refractivity (Wildman–Crippen MR) is 106 cm³/mol. The van der Waals surface area contributed by atoms with Crippen molar-refractivity contribution in [3.63, 3.8) is 0 Å². The van der Waals surface area contributed by atoms with Gasteiger partial charge in [0.2, 0.25) is 0 Å². The number of rotatable bonds is 4. The van der Waals surface area contributed by atoms with E-state index in [9.17, 15) is 0 Å². The highest BCUT2D eigenvalue weighted by Crippen LogP contribution is 2.28. The van der Waals surface area contributed by atoms with Gasteiger partial charge in [-0.25, -0.2) is 0 Å². The number of nitrogens with zero attached hydrogens (tertiary/aromatic N) is 2. The monoisotopic (exact) mass is 395 g/mol. The molecule has 0 bridgehead atoms. The van der Waals surface area contributed by atoms with Crippen molar-refractivity contribution in [1.29, 1.82) is 0 Å². The molecule has 0 radical (unpaired) electrons. The zero-order chi connectivity index (χ0) is 18.8. The Bertz CT molecular complexity index is 501. The van der Waals surface area contributed by atoms with Crippen molar-refractivity contribution >= 4 is 0 Å². The van der Waals surface area contributed by atoms with Crippen LogP contribution in [-0.2, 0) is 9.57 Å². The van der Waals surface area contributed by atoms with Crippen LogP contribution < -0.4 is 26.7 Å². The van der Waals surface area contributed by atoms with Gasteiger partial charge in [0.15, 0.2) is 0 Å². The average Bonchev–Trinajstić information content (AvgIpc) is 3.45. The van der Waals surface area contributed by atoms with E-state index in [-0.39, 0.29) is 18.7 Å². The lowest BCUT2D eigenvalue weighted by Crippen LogP contribution is -2.62. The molecule has 0 amide bonds. The first-order valence-electron chi connectivity index (χ1n) is 11.3. The molecule has 5 unspecified atom stereocenters. The van der Waals surface area contributed by atoms with Crippen LogP contribution in [0.25, 0.3) is 0 Å². The van der Waals surface area contributed by atoms with E-state index in [1.165, 1.54) is 25.7 Å². The highest BCUT2D eigenvalue weighted by molar-refractivity contribution is 4.93. The molecule has 0 aromatic carbocycles. The van der Waals surface area contributed by atoms with Gasteiger partial charge in [0.05, 0.1) is 31.6 Å². The van der Waals surface area contributed by atoms with Gasteiger partial charge >= 0.3 is 0 Å². The fourth-order valence-electron chi connectivity index (χ4n) is 5.54. The molecule has 5 rings (SSSR count). The van der Waals surface area contributed by atoms with Crippen molar-refractivity contribution in [2.24, 2.45) is 5.92 Å². The number of hydrogen-bond donors (Lipinski definition) is 5. The van der Waals surface area contributed by atoms with Crippen molar-refractivity contribution in [2.45, 2.75) is 63.0 Å².